The van der Waals surface area contributed by atoms with Gasteiger partial charge in [-0.25, -0.2) is 17.9 Å². The lowest BCUT2D eigenvalue weighted by atomic mass is 10.3. The van der Waals surface area contributed by atoms with Gasteiger partial charge in [-0.1, -0.05) is 0 Å². The van der Waals surface area contributed by atoms with E-state index in [0.717, 1.165) is 5.06 Å². The largest absolute Gasteiger partial charge is 0.497 e. The number of hydrogen-bond acceptors (Lipinski definition) is 10. The van der Waals surface area contributed by atoms with Crippen LogP contribution in [-0.4, -0.2) is 70.4 Å². The van der Waals surface area contributed by atoms with Gasteiger partial charge in [-0.15, -0.1) is 5.10 Å². The highest BCUT2D eigenvalue weighted by atomic mass is 32.2. The number of hydrogen-bond donors (Lipinski definition) is 1. The molecular formula is C16H22N4O8S. The molecule has 1 aromatic rings. The number of benzene rings is 1. The monoisotopic (exact) mass is 430 g/mol. The van der Waals surface area contributed by atoms with Crippen LogP contribution in [-0.2, 0) is 24.4 Å². The number of nitrogens with zero attached hydrogens (tertiary/aromatic N) is 3. The Bertz CT molecular complexity index is 889. The maximum absolute atomic E-state index is 12.7. The third-order valence-electron chi connectivity index (χ3n) is 3.63. The van der Waals surface area contributed by atoms with Gasteiger partial charge in [-0.05, 0) is 26.0 Å². The van der Waals surface area contributed by atoms with Crippen LogP contribution >= 0.6 is 0 Å². The Balaban J connectivity index is 2.34. The lowest BCUT2D eigenvalue weighted by molar-refractivity contribution is -0.157. The summed E-state index contributed by atoms with van der Waals surface area (Å²) in [4.78, 5) is 29.1. The number of urea groups is 1. The van der Waals surface area contributed by atoms with Crippen molar-refractivity contribution in [2.24, 2.45) is 5.10 Å². The number of amidine groups is 1. The molecule has 1 N–H and O–H groups in total. The number of hydrazone groups is 1. The molecule has 1 heterocycles. The Hall–Kier alpha value is -3.06. The van der Waals surface area contributed by atoms with Crippen LogP contribution in [0.3, 0.4) is 0 Å². The van der Waals surface area contributed by atoms with Crippen molar-refractivity contribution in [2.75, 3.05) is 27.4 Å². The molecule has 1 aliphatic rings. The molecule has 0 fully saturated rings. The molecule has 1 unspecified atom stereocenters. The molecule has 12 nitrogen and oxygen atoms in total. The van der Waals surface area contributed by atoms with Gasteiger partial charge in [0.15, 0.2) is 6.29 Å². The first-order chi connectivity index (χ1) is 13.8. The van der Waals surface area contributed by atoms with Gasteiger partial charge in [-0.2, -0.15) is 10.1 Å². The van der Waals surface area contributed by atoms with Crippen molar-refractivity contribution in [3.05, 3.63) is 18.2 Å². The number of amides is 2. The number of carbonyl (C=O) groups excluding carboxylic acids is 2. The average Bonchev–Trinajstić information content (AvgIpc) is 3.05. The minimum atomic E-state index is -4.40. The highest BCUT2D eigenvalue weighted by molar-refractivity contribution is 7.90. The summed E-state index contributed by atoms with van der Waals surface area (Å²) in [5.41, 5.74) is 0. The summed E-state index contributed by atoms with van der Waals surface area (Å²) in [6, 6.07) is 2.73. The Morgan fingerprint density at radius 1 is 1.24 bits per heavy atom. The van der Waals surface area contributed by atoms with Gasteiger partial charge in [0.1, 0.15) is 16.4 Å². The predicted molar refractivity (Wildman–Crippen MR) is 99.5 cm³/mol. The van der Waals surface area contributed by atoms with Gasteiger partial charge in [0.05, 0.1) is 27.4 Å². The van der Waals surface area contributed by atoms with Gasteiger partial charge in [0.25, 0.3) is 10.0 Å². The fourth-order valence-electron chi connectivity index (χ4n) is 2.39. The van der Waals surface area contributed by atoms with Crippen molar-refractivity contribution in [3.63, 3.8) is 0 Å². The van der Waals surface area contributed by atoms with Crippen molar-refractivity contribution >= 4 is 28.4 Å². The molecule has 29 heavy (non-hydrogen) atoms. The topological polar surface area (TPSA) is 136 Å². The molecule has 1 atom stereocenters. The van der Waals surface area contributed by atoms with Crippen molar-refractivity contribution in [3.8, 4) is 11.5 Å². The molecule has 1 aromatic carbocycles. The zero-order valence-corrected chi connectivity index (χ0v) is 17.1. The number of aldehydes is 1. The van der Waals surface area contributed by atoms with Crippen molar-refractivity contribution < 1.29 is 37.1 Å². The molecule has 2 amide bonds. The summed E-state index contributed by atoms with van der Waals surface area (Å²) in [5, 5.41) is 5.44. The second-order valence-corrected chi connectivity index (χ2v) is 7.03. The van der Waals surface area contributed by atoms with Gasteiger partial charge in [0, 0.05) is 6.07 Å². The van der Waals surface area contributed by atoms with Crippen molar-refractivity contribution in [1.82, 2.24) is 14.8 Å². The van der Waals surface area contributed by atoms with E-state index >= 15 is 0 Å². The maximum atomic E-state index is 12.7. The van der Waals surface area contributed by atoms with E-state index in [1.165, 1.54) is 32.4 Å². The van der Waals surface area contributed by atoms with E-state index in [4.69, 9.17) is 19.0 Å². The van der Waals surface area contributed by atoms with Crippen LogP contribution in [0.25, 0.3) is 0 Å². The van der Waals surface area contributed by atoms with Gasteiger partial charge in [-0.3, -0.25) is 9.63 Å². The number of nitrogens with one attached hydrogen (secondary N) is 1. The lowest BCUT2D eigenvalue weighted by Crippen LogP contribution is -2.49. The van der Waals surface area contributed by atoms with Crippen LogP contribution in [0.15, 0.2) is 28.2 Å². The van der Waals surface area contributed by atoms with Crippen LogP contribution < -0.4 is 14.2 Å². The highest BCUT2D eigenvalue weighted by Gasteiger charge is 2.41. The molecule has 160 valence electrons. The van der Waals surface area contributed by atoms with Crippen LogP contribution in [0.1, 0.15) is 13.8 Å². The smallest absolute Gasteiger partial charge is 0.354 e. The Morgan fingerprint density at radius 2 is 1.97 bits per heavy atom. The number of hydroxylamine groups is 2. The van der Waals surface area contributed by atoms with E-state index in [1.54, 1.807) is 13.8 Å². The fraction of sp³-hybridized carbons (Fsp3) is 0.438. The lowest BCUT2D eigenvalue weighted by Gasteiger charge is -2.24. The number of carbonyl (C=O) groups is 2. The second kappa shape index (κ2) is 9.43. The van der Waals surface area contributed by atoms with Gasteiger partial charge < -0.3 is 14.2 Å². The third-order valence-corrected chi connectivity index (χ3v) is 4.97. The Labute approximate surface area is 168 Å². The molecule has 1 aliphatic heterocycles. The molecule has 0 aromatic heterocycles. The Kier molecular flexibility index (Phi) is 7.23. The van der Waals surface area contributed by atoms with Gasteiger partial charge >= 0.3 is 12.1 Å². The summed E-state index contributed by atoms with van der Waals surface area (Å²) < 4.78 is 42.7. The maximum Gasteiger partial charge on any atom is 0.354 e. The van der Waals surface area contributed by atoms with Crippen LogP contribution in [0.5, 0.6) is 11.5 Å². The summed E-state index contributed by atoms with van der Waals surface area (Å²) in [7, 11) is -1.75. The SMILES string of the molecule is CCOC1=NN(C(=O)NS(=O)(=O)c2cc(OC)ccc2OC)C(C=O)N1OCC. The standard InChI is InChI=1S/C16H22N4O8S/c1-5-27-16-17-19(14(10-21)20(16)28-6-2)15(22)18-29(23,24)13-9-11(25-3)7-8-12(13)26-4/h7-10,14H,5-6H2,1-4H3,(H,18,22). The van der Waals surface area contributed by atoms with E-state index in [2.05, 4.69) is 5.10 Å². The van der Waals surface area contributed by atoms with E-state index in [1.807, 2.05) is 4.72 Å². The minimum absolute atomic E-state index is 0.00564. The van der Waals surface area contributed by atoms with Crippen LogP contribution in [0, 0.1) is 0 Å². The minimum Gasteiger partial charge on any atom is -0.497 e. The van der Waals surface area contributed by atoms with E-state index in [-0.39, 0.29) is 35.6 Å². The quantitative estimate of drug-likeness (QED) is 0.585. The van der Waals surface area contributed by atoms with Crippen LogP contribution in [0.4, 0.5) is 4.79 Å². The normalized spacial score (nSPS) is 16.3. The average molecular weight is 430 g/mol. The molecule has 0 spiro atoms. The first-order valence-electron chi connectivity index (χ1n) is 8.49. The zero-order chi connectivity index (χ0) is 21.6. The van der Waals surface area contributed by atoms with E-state index in [0.29, 0.717) is 11.3 Å². The number of rotatable bonds is 8. The molecule has 0 saturated heterocycles. The summed E-state index contributed by atoms with van der Waals surface area (Å²) >= 11 is 0. The molecule has 2 rings (SSSR count). The molecule has 13 heteroatoms. The summed E-state index contributed by atoms with van der Waals surface area (Å²) in [6.07, 6.45) is -0.984. The summed E-state index contributed by atoms with van der Waals surface area (Å²) in [6.45, 7) is 3.67. The van der Waals surface area contributed by atoms with Crippen LogP contribution in [0.2, 0.25) is 0 Å². The van der Waals surface area contributed by atoms with Crippen molar-refractivity contribution in [2.45, 2.75) is 24.9 Å². The number of methoxy groups -OCH3 is 2. The number of sulfonamides is 1. The summed E-state index contributed by atoms with van der Waals surface area (Å²) in [5.74, 6) is 0.235. The van der Waals surface area contributed by atoms with Crippen molar-refractivity contribution in [1.29, 1.82) is 0 Å². The fourth-order valence-corrected chi connectivity index (χ4v) is 3.51. The predicted octanol–water partition coefficient (Wildman–Crippen LogP) is 0.504. The molecule has 0 radical (unpaired) electrons. The van der Waals surface area contributed by atoms with Gasteiger partial charge in [0.2, 0.25) is 6.17 Å². The third kappa shape index (κ3) is 4.68. The van der Waals surface area contributed by atoms with E-state index < -0.39 is 22.2 Å². The number of ether oxygens (including phenoxy) is 3. The molecular weight excluding hydrogens is 408 g/mol. The zero-order valence-electron chi connectivity index (χ0n) is 16.3. The highest BCUT2D eigenvalue weighted by Crippen LogP contribution is 2.28. The second-order valence-electron chi connectivity index (χ2n) is 5.38. The molecule has 0 aliphatic carbocycles. The first-order valence-corrected chi connectivity index (χ1v) is 9.98. The van der Waals surface area contributed by atoms with E-state index in [9.17, 15) is 18.0 Å². The first kappa shape index (κ1) is 22.2. The molecule has 0 saturated carbocycles. The Morgan fingerprint density at radius 3 is 2.52 bits per heavy atom. The molecule has 0 bridgehead atoms.